The molecule has 0 aliphatic heterocycles. The van der Waals surface area contributed by atoms with Gasteiger partial charge in [-0.2, -0.15) is 0 Å². The lowest BCUT2D eigenvalue weighted by Gasteiger charge is -2.11. The van der Waals surface area contributed by atoms with Gasteiger partial charge in [-0.3, -0.25) is 19.3 Å². The molecule has 1 heterocycles. The maximum absolute atomic E-state index is 12.2. The van der Waals surface area contributed by atoms with Gasteiger partial charge >= 0.3 is 0 Å². The summed E-state index contributed by atoms with van der Waals surface area (Å²) in [5, 5.41) is 11.3. The number of nitrogens with zero attached hydrogens (tertiary/aromatic N) is 2. The monoisotopic (exact) mass is 421 g/mol. The van der Waals surface area contributed by atoms with Crippen LogP contribution in [0.2, 0.25) is 10.0 Å². The molecule has 0 saturated carbocycles. The second-order valence-electron chi connectivity index (χ2n) is 5.39. The fourth-order valence-electron chi connectivity index (χ4n) is 2.33. The highest BCUT2D eigenvalue weighted by Gasteiger charge is 2.13. The van der Waals surface area contributed by atoms with Gasteiger partial charge < -0.3 is 9.84 Å². The molecule has 2 aromatic carbocycles. The number of ether oxygens (including phenoxy) is 1. The second kappa shape index (κ2) is 7.96. The van der Waals surface area contributed by atoms with E-state index in [0.717, 1.165) is 0 Å². The molecule has 27 heavy (non-hydrogen) atoms. The van der Waals surface area contributed by atoms with Crippen LogP contribution in [-0.2, 0) is 0 Å². The number of aromatic amines is 1. The molecule has 0 aliphatic carbocycles. The molecule has 0 spiro atoms. The number of hydrogen-bond acceptors (Lipinski definition) is 5. The number of rotatable bonds is 4. The first-order valence-corrected chi connectivity index (χ1v) is 8.79. The molecular weight excluding hydrogens is 409 g/mol. The molecule has 0 aliphatic rings. The smallest absolute Gasteiger partial charge is 0.264 e. The minimum atomic E-state index is -0.564. The molecule has 0 bridgehead atoms. The summed E-state index contributed by atoms with van der Waals surface area (Å²) in [4.78, 5) is 19.0. The van der Waals surface area contributed by atoms with Crippen LogP contribution in [0.1, 0.15) is 5.56 Å². The largest absolute Gasteiger partial charge is 0.497 e. The Kier molecular flexibility index (Phi) is 5.65. The van der Waals surface area contributed by atoms with E-state index in [1.54, 1.807) is 43.5 Å². The Labute approximate surface area is 169 Å². The molecule has 0 fully saturated rings. The molecule has 3 aromatic rings. The van der Waals surface area contributed by atoms with Crippen molar-refractivity contribution in [1.82, 2.24) is 9.55 Å². The third-order valence-electron chi connectivity index (χ3n) is 3.70. The zero-order chi connectivity index (χ0) is 19.6. The summed E-state index contributed by atoms with van der Waals surface area (Å²) in [7, 11) is 1.56. The Hall–Kier alpha value is -2.61. The van der Waals surface area contributed by atoms with Crippen molar-refractivity contribution in [3.63, 3.8) is 0 Å². The fourth-order valence-corrected chi connectivity index (χ4v) is 2.90. The number of halogens is 2. The molecule has 138 valence electrons. The van der Waals surface area contributed by atoms with Gasteiger partial charge in [0.05, 0.1) is 28.5 Å². The van der Waals surface area contributed by atoms with Crippen molar-refractivity contribution in [3.8, 4) is 17.3 Å². The van der Waals surface area contributed by atoms with E-state index in [1.807, 2.05) is 0 Å². The molecule has 0 atom stereocenters. The van der Waals surface area contributed by atoms with Crippen LogP contribution < -0.4 is 10.3 Å². The van der Waals surface area contributed by atoms with E-state index in [1.165, 1.54) is 16.8 Å². The van der Waals surface area contributed by atoms with Gasteiger partial charge in [0.25, 0.3) is 5.56 Å². The van der Waals surface area contributed by atoms with Crippen molar-refractivity contribution in [2.45, 2.75) is 0 Å². The Morgan fingerprint density at radius 1 is 1.19 bits per heavy atom. The lowest BCUT2D eigenvalue weighted by molar-refractivity contribution is 0.415. The van der Waals surface area contributed by atoms with Gasteiger partial charge in [-0.1, -0.05) is 23.2 Å². The third kappa shape index (κ3) is 4.05. The molecule has 1 aromatic heterocycles. The number of methoxy groups -OCH3 is 1. The fraction of sp³-hybridized carbons (Fsp3) is 0.0556. The Bertz CT molecular complexity index is 1140. The summed E-state index contributed by atoms with van der Waals surface area (Å²) in [5.41, 5.74) is 0.414. The molecule has 3 rings (SSSR count). The minimum absolute atomic E-state index is 0.0116. The van der Waals surface area contributed by atoms with Gasteiger partial charge in [-0.25, -0.2) is 0 Å². The number of aliphatic imine (C=N–C) groups is 1. The summed E-state index contributed by atoms with van der Waals surface area (Å²) in [6, 6.07) is 11.6. The van der Waals surface area contributed by atoms with Crippen molar-refractivity contribution in [2.75, 3.05) is 7.11 Å². The molecule has 6 nitrogen and oxygen atoms in total. The Morgan fingerprint density at radius 2 is 1.89 bits per heavy atom. The first-order valence-electron chi connectivity index (χ1n) is 7.62. The van der Waals surface area contributed by atoms with E-state index in [4.69, 9.17) is 40.2 Å². The summed E-state index contributed by atoms with van der Waals surface area (Å²) in [5.74, 6) is 0.321. The lowest BCUT2D eigenvalue weighted by Crippen LogP contribution is -2.18. The summed E-state index contributed by atoms with van der Waals surface area (Å²) in [6.45, 7) is 0. The SMILES string of the molecule is COc1ccc(N=Cc2c(O)n(-c3ccc(Cl)c(Cl)c3)c(=S)[nH]c2=O)cc1. The van der Waals surface area contributed by atoms with Crippen LogP contribution in [0.3, 0.4) is 0 Å². The van der Waals surface area contributed by atoms with E-state index >= 15 is 0 Å². The van der Waals surface area contributed by atoms with Gasteiger partial charge in [0.15, 0.2) is 4.77 Å². The molecule has 9 heteroatoms. The van der Waals surface area contributed by atoms with Crippen LogP contribution in [0.15, 0.2) is 52.3 Å². The number of benzene rings is 2. The van der Waals surface area contributed by atoms with Crippen molar-refractivity contribution in [2.24, 2.45) is 4.99 Å². The second-order valence-corrected chi connectivity index (χ2v) is 6.59. The number of aromatic hydroxyl groups is 1. The van der Waals surface area contributed by atoms with Crippen molar-refractivity contribution < 1.29 is 9.84 Å². The maximum atomic E-state index is 12.2. The lowest BCUT2D eigenvalue weighted by atomic mass is 10.2. The topological polar surface area (TPSA) is 79.6 Å². The molecule has 0 unspecified atom stereocenters. The highest BCUT2D eigenvalue weighted by atomic mass is 35.5. The first kappa shape index (κ1) is 19.2. The van der Waals surface area contributed by atoms with Gasteiger partial charge in [0, 0.05) is 6.21 Å². The van der Waals surface area contributed by atoms with Crippen LogP contribution in [0.5, 0.6) is 11.6 Å². The highest BCUT2D eigenvalue weighted by Crippen LogP contribution is 2.27. The average molecular weight is 422 g/mol. The van der Waals surface area contributed by atoms with E-state index < -0.39 is 5.56 Å². The van der Waals surface area contributed by atoms with Gasteiger partial charge in [0.2, 0.25) is 5.88 Å². The normalized spacial score (nSPS) is 11.1. The van der Waals surface area contributed by atoms with E-state index in [-0.39, 0.29) is 21.2 Å². The summed E-state index contributed by atoms with van der Waals surface area (Å²) < 4.78 is 6.37. The quantitative estimate of drug-likeness (QED) is 0.473. The first-order chi connectivity index (χ1) is 12.9. The van der Waals surface area contributed by atoms with Gasteiger partial charge in [-0.05, 0) is 54.7 Å². The predicted octanol–water partition coefficient (Wildman–Crippen LogP) is 4.67. The number of H-pyrrole nitrogens is 1. The van der Waals surface area contributed by atoms with Crippen LogP contribution >= 0.6 is 35.4 Å². The van der Waals surface area contributed by atoms with Crippen LogP contribution in [-0.4, -0.2) is 28.0 Å². The van der Waals surface area contributed by atoms with Crippen LogP contribution in [0.25, 0.3) is 5.69 Å². The van der Waals surface area contributed by atoms with Gasteiger partial charge in [0.1, 0.15) is 11.3 Å². The Balaban J connectivity index is 2.08. The van der Waals surface area contributed by atoms with Gasteiger partial charge in [-0.15, -0.1) is 0 Å². The van der Waals surface area contributed by atoms with Crippen molar-refractivity contribution >= 4 is 47.3 Å². The third-order valence-corrected chi connectivity index (χ3v) is 4.72. The highest BCUT2D eigenvalue weighted by molar-refractivity contribution is 7.71. The standard InChI is InChI=1S/C18H13Cl2N3O3S/c1-26-12-5-2-10(3-6-12)21-9-13-16(24)22-18(27)23(17(13)25)11-4-7-14(19)15(20)8-11/h2-9,25H,1H3,(H,22,24,27). The van der Waals surface area contributed by atoms with Crippen LogP contribution in [0.4, 0.5) is 5.69 Å². The molecule has 0 radical (unpaired) electrons. The zero-order valence-electron chi connectivity index (χ0n) is 13.9. The summed E-state index contributed by atoms with van der Waals surface area (Å²) >= 11 is 17.1. The predicted molar refractivity (Wildman–Crippen MR) is 109 cm³/mol. The van der Waals surface area contributed by atoms with Crippen LogP contribution in [0, 0.1) is 4.77 Å². The van der Waals surface area contributed by atoms with E-state index in [2.05, 4.69) is 9.98 Å². The Morgan fingerprint density at radius 3 is 2.52 bits per heavy atom. The van der Waals surface area contributed by atoms with E-state index in [0.29, 0.717) is 22.1 Å². The molecule has 2 N–H and O–H groups in total. The molecule has 0 saturated heterocycles. The summed E-state index contributed by atoms with van der Waals surface area (Å²) in [6.07, 6.45) is 1.26. The maximum Gasteiger partial charge on any atom is 0.264 e. The molecular formula is C18H13Cl2N3O3S. The molecule has 0 amide bonds. The zero-order valence-corrected chi connectivity index (χ0v) is 16.3. The average Bonchev–Trinajstić information content (AvgIpc) is 2.64. The van der Waals surface area contributed by atoms with E-state index in [9.17, 15) is 9.90 Å². The number of hydrogen-bond donors (Lipinski definition) is 2. The van der Waals surface area contributed by atoms with Crippen molar-refractivity contribution in [3.05, 3.63) is 73.2 Å². The van der Waals surface area contributed by atoms with Crippen molar-refractivity contribution in [1.29, 1.82) is 0 Å². The number of aromatic nitrogens is 2. The number of nitrogens with one attached hydrogen (secondary N) is 1. The minimum Gasteiger partial charge on any atom is -0.497 e.